The molecule has 0 aliphatic heterocycles. The first-order valence-corrected chi connectivity index (χ1v) is 10.4. The first-order chi connectivity index (χ1) is 15.2. The van der Waals surface area contributed by atoms with Gasteiger partial charge in [0.25, 0.3) is 5.91 Å². The number of carbonyl (C=O) groups is 2. The molecule has 2 amide bonds. The molecule has 32 heavy (non-hydrogen) atoms. The minimum Gasteiger partial charge on any atom is -0.326 e. The van der Waals surface area contributed by atoms with Crippen molar-refractivity contribution in [1.29, 1.82) is 5.26 Å². The average molecular weight is 467 g/mol. The van der Waals surface area contributed by atoms with Gasteiger partial charge in [-0.2, -0.15) is 5.26 Å². The number of carbonyl (C=O) groups excluding carboxylic acids is 2. The van der Waals surface area contributed by atoms with Gasteiger partial charge in [0.2, 0.25) is 5.91 Å². The van der Waals surface area contributed by atoms with E-state index in [9.17, 15) is 14.9 Å². The van der Waals surface area contributed by atoms with Crippen LogP contribution in [0.25, 0.3) is 11.8 Å². The topological polar surface area (TPSA) is 86.9 Å². The summed E-state index contributed by atoms with van der Waals surface area (Å²) in [6, 6.07) is 15.9. The molecule has 3 rings (SSSR count). The van der Waals surface area contributed by atoms with Gasteiger partial charge in [-0.25, -0.2) is 0 Å². The highest BCUT2D eigenvalue weighted by Gasteiger charge is 2.15. The van der Waals surface area contributed by atoms with E-state index in [1.165, 1.54) is 13.0 Å². The zero-order valence-corrected chi connectivity index (χ0v) is 19.2. The molecular formula is C24H20Cl2N4O2. The molecule has 0 aliphatic carbocycles. The summed E-state index contributed by atoms with van der Waals surface area (Å²) in [6.45, 7) is 5.30. The Balaban J connectivity index is 1.89. The summed E-state index contributed by atoms with van der Waals surface area (Å²) >= 11 is 12.0. The Bertz CT molecular complexity index is 1270. The summed E-state index contributed by atoms with van der Waals surface area (Å²) < 4.78 is 2.01. The standard InChI is InChI=1S/C24H20Cl2N4O2/c1-14-10-17(15(2)30(14)21-7-5-20(6-8-21)28-16(3)31)11-18(13-27)24(32)29-23-9-4-19(25)12-22(23)26/h4-12H,1-3H3,(H,28,31)(H,29,32)/b18-11+. The van der Waals surface area contributed by atoms with Crippen LogP contribution in [0.4, 0.5) is 11.4 Å². The van der Waals surface area contributed by atoms with Crippen LogP contribution in [0.5, 0.6) is 0 Å². The number of hydrogen-bond acceptors (Lipinski definition) is 3. The van der Waals surface area contributed by atoms with Crippen molar-refractivity contribution in [2.45, 2.75) is 20.8 Å². The maximum atomic E-state index is 12.6. The maximum Gasteiger partial charge on any atom is 0.266 e. The molecule has 2 aromatic carbocycles. The van der Waals surface area contributed by atoms with Crippen LogP contribution in [-0.4, -0.2) is 16.4 Å². The minimum atomic E-state index is -0.568. The summed E-state index contributed by atoms with van der Waals surface area (Å²) in [5, 5.41) is 15.7. The van der Waals surface area contributed by atoms with Gasteiger partial charge in [-0.15, -0.1) is 0 Å². The van der Waals surface area contributed by atoms with Gasteiger partial charge in [-0.3, -0.25) is 9.59 Å². The predicted octanol–water partition coefficient (Wildman–Crippen LogP) is 5.91. The van der Waals surface area contributed by atoms with Gasteiger partial charge in [0.1, 0.15) is 11.6 Å². The Morgan fingerprint density at radius 3 is 2.31 bits per heavy atom. The molecule has 0 saturated heterocycles. The number of benzene rings is 2. The predicted molar refractivity (Wildman–Crippen MR) is 128 cm³/mol. The van der Waals surface area contributed by atoms with Crippen LogP contribution in [0.1, 0.15) is 23.9 Å². The lowest BCUT2D eigenvalue weighted by Crippen LogP contribution is -2.13. The van der Waals surface area contributed by atoms with E-state index in [1.54, 1.807) is 18.2 Å². The van der Waals surface area contributed by atoms with Crippen molar-refractivity contribution in [3.63, 3.8) is 0 Å². The molecule has 1 aromatic heterocycles. The fourth-order valence-corrected chi connectivity index (χ4v) is 3.77. The number of aromatic nitrogens is 1. The number of anilines is 2. The monoisotopic (exact) mass is 466 g/mol. The lowest BCUT2D eigenvalue weighted by molar-refractivity contribution is -0.114. The molecule has 8 heteroatoms. The van der Waals surface area contributed by atoms with Crippen molar-refractivity contribution in [2.75, 3.05) is 10.6 Å². The van der Waals surface area contributed by atoms with Crippen LogP contribution in [0.15, 0.2) is 54.1 Å². The highest BCUT2D eigenvalue weighted by atomic mass is 35.5. The molecule has 0 unspecified atom stereocenters. The number of halogens is 2. The van der Waals surface area contributed by atoms with Crippen LogP contribution in [0.2, 0.25) is 10.0 Å². The van der Waals surface area contributed by atoms with Gasteiger partial charge in [-0.05, 0) is 74.0 Å². The first kappa shape index (κ1) is 23.1. The molecule has 0 bridgehead atoms. The molecule has 0 atom stereocenters. The largest absolute Gasteiger partial charge is 0.326 e. The first-order valence-electron chi connectivity index (χ1n) is 9.64. The van der Waals surface area contributed by atoms with Crippen molar-refractivity contribution in [3.8, 4) is 11.8 Å². The van der Waals surface area contributed by atoms with Crippen LogP contribution in [-0.2, 0) is 9.59 Å². The van der Waals surface area contributed by atoms with Crippen LogP contribution in [0, 0.1) is 25.2 Å². The molecule has 162 valence electrons. The maximum absolute atomic E-state index is 12.6. The van der Waals surface area contributed by atoms with Crippen molar-refractivity contribution < 1.29 is 9.59 Å². The molecule has 1 heterocycles. The third-order valence-electron chi connectivity index (χ3n) is 4.76. The molecule has 0 radical (unpaired) electrons. The Labute approximate surface area is 196 Å². The van der Waals surface area contributed by atoms with E-state index < -0.39 is 5.91 Å². The highest BCUT2D eigenvalue weighted by molar-refractivity contribution is 6.36. The molecule has 0 fully saturated rings. The minimum absolute atomic E-state index is 0.0581. The lowest BCUT2D eigenvalue weighted by atomic mass is 10.1. The number of nitrogens with one attached hydrogen (secondary N) is 2. The molecule has 0 saturated carbocycles. The number of aryl methyl sites for hydroxylation is 1. The third-order valence-corrected chi connectivity index (χ3v) is 5.31. The van der Waals surface area contributed by atoms with Crippen LogP contribution in [0.3, 0.4) is 0 Å². The smallest absolute Gasteiger partial charge is 0.266 e. The van der Waals surface area contributed by atoms with Crippen molar-refractivity contribution in [2.24, 2.45) is 0 Å². The zero-order chi connectivity index (χ0) is 23.4. The van der Waals surface area contributed by atoms with E-state index in [0.29, 0.717) is 16.4 Å². The summed E-state index contributed by atoms with van der Waals surface area (Å²) in [6.07, 6.45) is 1.55. The number of hydrogen-bond donors (Lipinski definition) is 2. The Hall–Kier alpha value is -3.53. The number of nitrogens with zero attached hydrogens (tertiary/aromatic N) is 2. The second-order valence-electron chi connectivity index (χ2n) is 7.14. The van der Waals surface area contributed by atoms with Gasteiger partial charge >= 0.3 is 0 Å². The van der Waals surface area contributed by atoms with Crippen LogP contribution < -0.4 is 10.6 Å². The normalized spacial score (nSPS) is 11.1. The van der Waals surface area contributed by atoms with Crippen molar-refractivity contribution in [1.82, 2.24) is 4.57 Å². The zero-order valence-electron chi connectivity index (χ0n) is 17.7. The highest BCUT2D eigenvalue weighted by Crippen LogP contribution is 2.27. The molecule has 6 nitrogen and oxygen atoms in total. The quantitative estimate of drug-likeness (QED) is 0.362. The van der Waals surface area contributed by atoms with Gasteiger partial charge < -0.3 is 15.2 Å². The van der Waals surface area contributed by atoms with Gasteiger partial charge in [0.15, 0.2) is 0 Å². The molecule has 3 aromatic rings. The van der Waals surface area contributed by atoms with E-state index in [1.807, 2.05) is 54.8 Å². The summed E-state index contributed by atoms with van der Waals surface area (Å²) in [5.41, 5.74) is 4.43. The summed E-state index contributed by atoms with van der Waals surface area (Å²) in [5.74, 6) is -0.707. The molecule has 0 spiro atoms. The Morgan fingerprint density at radius 1 is 1.03 bits per heavy atom. The Kier molecular flexibility index (Phi) is 7.04. The summed E-state index contributed by atoms with van der Waals surface area (Å²) in [7, 11) is 0. The molecular weight excluding hydrogens is 447 g/mol. The fraction of sp³-hybridized carbons (Fsp3) is 0.125. The van der Waals surface area contributed by atoms with E-state index in [0.717, 1.165) is 22.6 Å². The third kappa shape index (κ3) is 5.20. The number of amides is 2. The second-order valence-corrected chi connectivity index (χ2v) is 7.98. The second kappa shape index (κ2) is 9.73. The van der Waals surface area contributed by atoms with Gasteiger partial charge in [-0.1, -0.05) is 23.2 Å². The van der Waals surface area contributed by atoms with E-state index in [-0.39, 0.29) is 16.5 Å². The number of rotatable bonds is 5. The average Bonchev–Trinajstić information content (AvgIpc) is 3.01. The lowest BCUT2D eigenvalue weighted by Gasteiger charge is -2.11. The van der Waals surface area contributed by atoms with E-state index in [2.05, 4.69) is 10.6 Å². The van der Waals surface area contributed by atoms with Crippen molar-refractivity contribution in [3.05, 3.63) is 81.1 Å². The molecule has 2 N–H and O–H groups in total. The Morgan fingerprint density at radius 2 is 1.72 bits per heavy atom. The van der Waals surface area contributed by atoms with Crippen LogP contribution >= 0.6 is 23.2 Å². The van der Waals surface area contributed by atoms with Crippen molar-refractivity contribution >= 4 is 52.5 Å². The van der Waals surface area contributed by atoms with E-state index >= 15 is 0 Å². The molecule has 0 aliphatic rings. The van der Waals surface area contributed by atoms with E-state index in [4.69, 9.17) is 23.2 Å². The number of nitriles is 1. The fourth-order valence-electron chi connectivity index (χ4n) is 3.31. The SMILES string of the molecule is CC(=O)Nc1ccc(-n2c(C)cc(/C=C(\C#N)C(=O)Nc3ccc(Cl)cc3Cl)c2C)cc1. The van der Waals surface area contributed by atoms with Gasteiger partial charge in [0, 0.05) is 34.7 Å². The summed E-state index contributed by atoms with van der Waals surface area (Å²) in [4.78, 5) is 23.9. The van der Waals surface area contributed by atoms with Gasteiger partial charge in [0.05, 0.1) is 10.7 Å².